The molecule has 3 aromatic rings. The van der Waals surface area contributed by atoms with Gasteiger partial charge in [0.1, 0.15) is 16.5 Å². The minimum Gasteiger partial charge on any atom is -0.457 e. The van der Waals surface area contributed by atoms with Crippen LogP contribution in [0.2, 0.25) is 5.02 Å². The third-order valence-corrected chi connectivity index (χ3v) is 6.15. The van der Waals surface area contributed by atoms with Crippen molar-refractivity contribution in [3.05, 3.63) is 90.4 Å². The first-order valence-electron chi connectivity index (χ1n) is 8.86. The van der Waals surface area contributed by atoms with Crippen molar-refractivity contribution in [1.82, 2.24) is 4.90 Å². The Morgan fingerprint density at radius 2 is 1.97 bits per heavy atom. The monoisotopic (exact) mass is 518 g/mol. The fourth-order valence-electron chi connectivity index (χ4n) is 2.97. The molecule has 0 radical (unpaired) electrons. The van der Waals surface area contributed by atoms with Gasteiger partial charge in [-0.05, 0) is 53.7 Å². The van der Waals surface area contributed by atoms with Crippen LogP contribution in [-0.2, 0) is 11.3 Å². The van der Waals surface area contributed by atoms with Crippen LogP contribution in [0.5, 0.6) is 0 Å². The van der Waals surface area contributed by atoms with Crippen LogP contribution in [0.4, 0.5) is 10.5 Å². The molecule has 1 aliphatic heterocycles. The van der Waals surface area contributed by atoms with E-state index < -0.39 is 10.8 Å². The number of furan rings is 1. The quantitative estimate of drug-likeness (QED) is 0.217. The highest BCUT2D eigenvalue weighted by Gasteiger charge is 2.35. The molecule has 0 N–H and O–H groups in total. The predicted molar refractivity (Wildman–Crippen MR) is 121 cm³/mol. The van der Waals surface area contributed by atoms with Gasteiger partial charge in [0.25, 0.3) is 16.8 Å². The number of hydrogen-bond donors (Lipinski definition) is 0. The lowest BCUT2D eigenvalue weighted by molar-refractivity contribution is -0.384. The number of nitrogens with zero attached hydrogens (tertiary/aromatic N) is 2. The van der Waals surface area contributed by atoms with Gasteiger partial charge in [-0.3, -0.25) is 24.6 Å². The summed E-state index contributed by atoms with van der Waals surface area (Å²) in [6, 6.07) is 15.0. The molecule has 2 heterocycles. The maximum absolute atomic E-state index is 12.7. The van der Waals surface area contributed by atoms with Gasteiger partial charge in [0.05, 0.1) is 16.4 Å². The summed E-state index contributed by atoms with van der Waals surface area (Å²) in [7, 11) is 0. The number of halogens is 2. The number of carbonyl (C=O) groups excluding carboxylic acids is 2. The molecule has 2 aromatic carbocycles. The number of imide groups is 1. The van der Waals surface area contributed by atoms with E-state index in [2.05, 4.69) is 15.9 Å². The Kier molecular flexibility index (Phi) is 5.99. The summed E-state index contributed by atoms with van der Waals surface area (Å²) in [4.78, 5) is 37.0. The number of thioether (sulfide) groups is 1. The third kappa shape index (κ3) is 4.58. The Labute approximate surface area is 193 Å². The van der Waals surface area contributed by atoms with Crippen molar-refractivity contribution >= 4 is 62.2 Å². The molecule has 31 heavy (non-hydrogen) atoms. The molecule has 1 saturated heterocycles. The largest absolute Gasteiger partial charge is 0.457 e. The first-order chi connectivity index (χ1) is 14.8. The second-order valence-electron chi connectivity index (χ2n) is 6.52. The highest BCUT2D eigenvalue weighted by Crippen LogP contribution is 2.35. The fraction of sp³-hybridized carbons (Fsp3) is 0.0476. The first-order valence-corrected chi connectivity index (χ1v) is 10.8. The van der Waals surface area contributed by atoms with Gasteiger partial charge in [0, 0.05) is 22.2 Å². The van der Waals surface area contributed by atoms with Gasteiger partial charge in [0.15, 0.2) is 0 Å². The van der Waals surface area contributed by atoms with Crippen LogP contribution in [0.25, 0.3) is 17.4 Å². The zero-order valence-electron chi connectivity index (χ0n) is 15.6. The summed E-state index contributed by atoms with van der Waals surface area (Å²) in [5.41, 5.74) is 1.06. The van der Waals surface area contributed by atoms with Crippen molar-refractivity contribution in [3.63, 3.8) is 0 Å². The summed E-state index contributed by atoms with van der Waals surface area (Å²) in [6.45, 7) is 0.166. The number of benzene rings is 2. The van der Waals surface area contributed by atoms with E-state index in [0.717, 1.165) is 21.8 Å². The summed E-state index contributed by atoms with van der Waals surface area (Å²) < 4.78 is 6.57. The van der Waals surface area contributed by atoms with Crippen LogP contribution in [0.1, 0.15) is 11.3 Å². The van der Waals surface area contributed by atoms with E-state index in [9.17, 15) is 19.7 Å². The summed E-state index contributed by atoms with van der Waals surface area (Å²) in [6.07, 6.45) is 1.49. The zero-order chi connectivity index (χ0) is 22.1. The topological polar surface area (TPSA) is 93.7 Å². The Hall–Kier alpha value is -2.88. The molecule has 1 fully saturated rings. The van der Waals surface area contributed by atoms with Crippen molar-refractivity contribution in [2.24, 2.45) is 0 Å². The van der Waals surface area contributed by atoms with Crippen LogP contribution >= 0.6 is 39.3 Å². The molecule has 7 nitrogen and oxygen atoms in total. The van der Waals surface area contributed by atoms with E-state index in [1.165, 1.54) is 23.1 Å². The third-order valence-electron chi connectivity index (χ3n) is 4.43. The Morgan fingerprint density at radius 1 is 1.16 bits per heavy atom. The summed E-state index contributed by atoms with van der Waals surface area (Å²) in [5.74, 6) is 0.315. The lowest BCUT2D eigenvalue weighted by atomic mass is 10.1. The first kappa shape index (κ1) is 21.4. The highest BCUT2D eigenvalue weighted by atomic mass is 79.9. The van der Waals surface area contributed by atoms with E-state index in [-0.39, 0.29) is 27.4 Å². The van der Waals surface area contributed by atoms with Crippen molar-refractivity contribution in [1.29, 1.82) is 0 Å². The molecule has 4 rings (SSSR count). The standard InChI is InChI=1S/C21H12BrClN2O5S/c22-14-3-1-2-12(8-14)11-24-20(26)19(31-21(24)27)10-15-5-7-18(30-15)13-4-6-16(23)17(9-13)25(28)29/h1-10H,11H2/b19-10+. The predicted octanol–water partition coefficient (Wildman–Crippen LogP) is 6.51. The van der Waals surface area contributed by atoms with Gasteiger partial charge in [0.2, 0.25) is 0 Å². The van der Waals surface area contributed by atoms with Gasteiger partial charge < -0.3 is 4.42 Å². The Morgan fingerprint density at radius 3 is 2.71 bits per heavy atom. The molecule has 1 aromatic heterocycles. The molecule has 2 amide bonds. The zero-order valence-corrected chi connectivity index (χ0v) is 18.7. The fourth-order valence-corrected chi connectivity index (χ4v) is 4.43. The van der Waals surface area contributed by atoms with Crippen molar-refractivity contribution in [2.75, 3.05) is 0 Å². The average molecular weight is 520 g/mol. The molecule has 0 spiro atoms. The van der Waals surface area contributed by atoms with Crippen LogP contribution < -0.4 is 0 Å². The average Bonchev–Trinajstić information content (AvgIpc) is 3.29. The van der Waals surface area contributed by atoms with E-state index in [0.29, 0.717) is 17.1 Å². The van der Waals surface area contributed by atoms with Gasteiger partial charge in [-0.2, -0.15) is 0 Å². The van der Waals surface area contributed by atoms with Crippen molar-refractivity contribution in [3.8, 4) is 11.3 Å². The Balaban J connectivity index is 1.55. The van der Waals surface area contributed by atoms with Crippen LogP contribution in [0.15, 0.2) is 68.4 Å². The van der Waals surface area contributed by atoms with E-state index in [4.69, 9.17) is 16.0 Å². The maximum Gasteiger partial charge on any atom is 0.293 e. The van der Waals surface area contributed by atoms with Crippen LogP contribution in [0, 0.1) is 10.1 Å². The minimum atomic E-state index is -0.572. The molecular weight excluding hydrogens is 508 g/mol. The number of rotatable bonds is 5. The number of carbonyl (C=O) groups is 2. The molecule has 0 aliphatic carbocycles. The van der Waals surface area contributed by atoms with Gasteiger partial charge in [-0.25, -0.2) is 0 Å². The van der Waals surface area contributed by atoms with Gasteiger partial charge in [-0.1, -0.05) is 39.7 Å². The molecule has 0 atom stereocenters. The summed E-state index contributed by atoms with van der Waals surface area (Å²) >= 11 is 10.1. The lowest BCUT2D eigenvalue weighted by Gasteiger charge is -2.12. The van der Waals surface area contributed by atoms with Crippen molar-refractivity contribution in [2.45, 2.75) is 6.54 Å². The van der Waals surface area contributed by atoms with E-state index in [1.54, 1.807) is 18.2 Å². The second-order valence-corrected chi connectivity index (χ2v) is 8.84. The second kappa shape index (κ2) is 8.70. The smallest absolute Gasteiger partial charge is 0.293 e. The highest BCUT2D eigenvalue weighted by molar-refractivity contribution is 9.10. The molecule has 0 saturated carbocycles. The van der Waals surface area contributed by atoms with Crippen LogP contribution in [0.3, 0.4) is 0 Å². The Bertz CT molecular complexity index is 1260. The molecule has 1 aliphatic rings. The molecule has 10 heteroatoms. The normalized spacial score (nSPS) is 15.2. The number of nitro groups is 1. The maximum atomic E-state index is 12.7. The van der Waals surface area contributed by atoms with E-state index >= 15 is 0 Å². The summed E-state index contributed by atoms with van der Waals surface area (Å²) in [5, 5.41) is 10.8. The molecule has 0 unspecified atom stereocenters. The molecule has 156 valence electrons. The van der Waals surface area contributed by atoms with Gasteiger partial charge in [-0.15, -0.1) is 0 Å². The minimum absolute atomic E-state index is 0.0275. The van der Waals surface area contributed by atoms with E-state index in [1.807, 2.05) is 24.3 Å². The van der Waals surface area contributed by atoms with Crippen LogP contribution in [-0.4, -0.2) is 21.0 Å². The number of nitro benzene ring substituents is 1. The molecule has 0 bridgehead atoms. The molecular formula is C21H12BrClN2O5S. The van der Waals surface area contributed by atoms with Crippen molar-refractivity contribution < 1.29 is 18.9 Å². The van der Waals surface area contributed by atoms with Gasteiger partial charge >= 0.3 is 0 Å². The SMILES string of the molecule is O=C1S/C(=C/c2ccc(-c3ccc(Cl)c([N+](=O)[O-])c3)o2)C(=O)N1Cc1cccc(Br)c1. The number of amides is 2. The lowest BCUT2D eigenvalue weighted by Crippen LogP contribution is -2.27. The number of hydrogen-bond acceptors (Lipinski definition) is 6.